The van der Waals surface area contributed by atoms with Crippen LogP contribution in [0.2, 0.25) is 0 Å². The average molecular weight is 350 g/mol. The van der Waals surface area contributed by atoms with E-state index in [1.54, 1.807) is 29.1 Å². The van der Waals surface area contributed by atoms with Crippen molar-refractivity contribution in [2.45, 2.75) is 17.5 Å². The van der Waals surface area contributed by atoms with E-state index in [4.69, 9.17) is 4.74 Å². The largest absolute Gasteiger partial charge is 0.497 e. The van der Waals surface area contributed by atoms with Crippen molar-refractivity contribution >= 4 is 15.9 Å². The van der Waals surface area contributed by atoms with E-state index in [-0.39, 0.29) is 23.9 Å². The minimum atomic E-state index is -3.76. The number of sulfonamides is 1. The summed E-state index contributed by atoms with van der Waals surface area (Å²) in [5.41, 5.74) is 0.668. The molecule has 0 unspecified atom stereocenters. The van der Waals surface area contributed by atoms with Gasteiger partial charge in [0.05, 0.1) is 24.2 Å². The highest BCUT2D eigenvalue weighted by molar-refractivity contribution is 7.89. The Morgan fingerprint density at radius 2 is 2.17 bits per heavy atom. The van der Waals surface area contributed by atoms with Gasteiger partial charge in [0.25, 0.3) is 0 Å². The number of benzene rings is 1. The summed E-state index contributed by atoms with van der Waals surface area (Å²) in [6, 6.07) is 7.29. The molecule has 0 aliphatic carbocycles. The van der Waals surface area contributed by atoms with Crippen LogP contribution >= 0.6 is 0 Å². The first-order valence-corrected chi connectivity index (χ1v) is 8.79. The van der Waals surface area contributed by atoms with Gasteiger partial charge in [-0.05, 0) is 18.2 Å². The van der Waals surface area contributed by atoms with E-state index in [2.05, 4.69) is 10.4 Å². The van der Waals surface area contributed by atoms with Gasteiger partial charge in [-0.3, -0.25) is 9.48 Å². The van der Waals surface area contributed by atoms with E-state index < -0.39 is 16.1 Å². The lowest BCUT2D eigenvalue weighted by molar-refractivity contribution is -0.124. The Labute approximate surface area is 140 Å². The number of nitrogens with zero attached hydrogens (tertiary/aromatic N) is 3. The Balaban J connectivity index is 1.98. The van der Waals surface area contributed by atoms with Crippen molar-refractivity contribution in [3.8, 4) is 5.75 Å². The van der Waals surface area contributed by atoms with Crippen LogP contribution in [0.5, 0.6) is 5.75 Å². The number of aromatic nitrogens is 2. The number of hydrogen-bond acceptors (Lipinski definition) is 5. The summed E-state index contributed by atoms with van der Waals surface area (Å²) in [7, 11) is -0.764. The Morgan fingerprint density at radius 3 is 2.88 bits per heavy atom. The van der Waals surface area contributed by atoms with Crippen molar-refractivity contribution in [3.63, 3.8) is 0 Å². The van der Waals surface area contributed by atoms with E-state index in [0.29, 0.717) is 11.4 Å². The van der Waals surface area contributed by atoms with Crippen molar-refractivity contribution in [1.82, 2.24) is 19.4 Å². The predicted octanol–water partition coefficient (Wildman–Crippen LogP) is 0.383. The van der Waals surface area contributed by atoms with E-state index in [1.807, 2.05) is 0 Å². The Morgan fingerprint density at radius 1 is 1.38 bits per heavy atom. The van der Waals surface area contributed by atoms with Crippen molar-refractivity contribution < 1.29 is 17.9 Å². The van der Waals surface area contributed by atoms with Gasteiger partial charge in [0, 0.05) is 25.9 Å². The zero-order valence-corrected chi connectivity index (χ0v) is 14.2. The number of methoxy groups -OCH3 is 1. The molecule has 0 saturated heterocycles. The molecule has 1 atom stereocenters. The predicted molar refractivity (Wildman–Crippen MR) is 85.9 cm³/mol. The molecule has 9 heteroatoms. The molecular formula is C15H18N4O4S. The molecule has 8 nitrogen and oxygen atoms in total. The van der Waals surface area contributed by atoms with Gasteiger partial charge in [0.1, 0.15) is 11.8 Å². The third-order valence-corrected chi connectivity index (χ3v) is 5.80. The van der Waals surface area contributed by atoms with E-state index >= 15 is 0 Å². The molecule has 0 radical (unpaired) electrons. The molecule has 128 valence electrons. The maximum absolute atomic E-state index is 13.0. The minimum Gasteiger partial charge on any atom is -0.497 e. The molecular weight excluding hydrogens is 332 g/mol. The van der Waals surface area contributed by atoms with Crippen molar-refractivity contribution in [3.05, 3.63) is 42.2 Å². The summed E-state index contributed by atoms with van der Waals surface area (Å²) in [5.74, 6) is 0.173. The summed E-state index contributed by atoms with van der Waals surface area (Å²) in [6.45, 7) is 0.181. The topological polar surface area (TPSA) is 93.5 Å². The second-order valence-electron chi connectivity index (χ2n) is 5.37. The normalized spacial score (nSPS) is 18.0. The van der Waals surface area contributed by atoms with E-state index in [1.165, 1.54) is 30.6 Å². The SMILES string of the molecule is CNC(=O)[C@H]1CN(S(=O)(=O)c2cccc(OC)c2)Cc2ccnn21. The van der Waals surface area contributed by atoms with Gasteiger partial charge >= 0.3 is 0 Å². The number of carbonyl (C=O) groups excluding carboxylic acids is 1. The molecule has 1 aliphatic heterocycles. The van der Waals surface area contributed by atoms with Gasteiger partial charge in [-0.1, -0.05) is 6.07 Å². The van der Waals surface area contributed by atoms with Crippen LogP contribution in [0.4, 0.5) is 0 Å². The molecule has 2 heterocycles. The zero-order valence-electron chi connectivity index (χ0n) is 13.3. The Bertz CT molecular complexity index is 862. The highest BCUT2D eigenvalue weighted by atomic mass is 32.2. The van der Waals surface area contributed by atoms with Gasteiger partial charge in [0.15, 0.2) is 0 Å². The molecule has 1 aromatic carbocycles. The van der Waals surface area contributed by atoms with Gasteiger partial charge in [-0.2, -0.15) is 9.40 Å². The molecule has 0 spiro atoms. The van der Waals surface area contributed by atoms with Gasteiger partial charge in [-0.15, -0.1) is 0 Å². The molecule has 1 aliphatic rings. The highest BCUT2D eigenvalue weighted by Gasteiger charge is 2.36. The molecule has 0 bridgehead atoms. The fourth-order valence-electron chi connectivity index (χ4n) is 2.72. The van der Waals surface area contributed by atoms with Crippen LogP contribution in [0.1, 0.15) is 11.7 Å². The molecule has 24 heavy (non-hydrogen) atoms. The van der Waals surface area contributed by atoms with Gasteiger partial charge < -0.3 is 10.1 Å². The standard InChI is InChI=1S/C15H18N4O4S/c1-16-15(20)14-10-18(9-11-6-7-17-19(11)14)24(21,22)13-5-3-4-12(8-13)23-2/h3-8,14H,9-10H2,1-2H3,(H,16,20)/t14-/m1/s1. The van der Waals surface area contributed by atoms with Crippen LogP contribution in [0.15, 0.2) is 41.4 Å². The van der Waals surface area contributed by atoms with Crippen LogP contribution in [0.25, 0.3) is 0 Å². The first-order valence-electron chi connectivity index (χ1n) is 7.35. The summed E-state index contributed by atoms with van der Waals surface area (Å²) >= 11 is 0. The summed E-state index contributed by atoms with van der Waals surface area (Å²) < 4.78 is 33.9. The number of likely N-dealkylation sites (N-methyl/N-ethyl adjacent to an activating group) is 1. The number of fused-ring (bicyclic) bond motifs is 1. The van der Waals surface area contributed by atoms with Crippen LogP contribution in [-0.4, -0.2) is 49.1 Å². The second kappa shape index (κ2) is 6.25. The number of amides is 1. The Kier molecular flexibility index (Phi) is 4.29. The lowest BCUT2D eigenvalue weighted by atomic mass is 10.2. The number of nitrogens with one attached hydrogen (secondary N) is 1. The fraction of sp³-hybridized carbons (Fsp3) is 0.333. The molecule has 3 rings (SSSR count). The van der Waals surface area contributed by atoms with E-state index in [0.717, 1.165) is 0 Å². The third kappa shape index (κ3) is 2.76. The smallest absolute Gasteiger partial charge is 0.246 e. The fourth-order valence-corrected chi connectivity index (χ4v) is 4.17. The summed E-state index contributed by atoms with van der Waals surface area (Å²) in [4.78, 5) is 12.3. The zero-order chi connectivity index (χ0) is 17.3. The average Bonchev–Trinajstić information content (AvgIpc) is 3.08. The molecule has 0 saturated carbocycles. The van der Waals surface area contributed by atoms with Crippen molar-refractivity contribution in [1.29, 1.82) is 0 Å². The second-order valence-corrected chi connectivity index (χ2v) is 7.31. The first-order chi connectivity index (χ1) is 11.5. The summed E-state index contributed by atoms with van der Waals surface area (Å²) in [6.07, 6.45) is 1.56. The highest BCUT2D eigenvalue weighted by Crippen LogP contribution is 2.27. The molecule has 0 fully saturated rings. The third-order valence-electron chi connectivity index (χ3n) is 3.99. The lowest BCUT2D eigenvalue weighted by Crippen LogP contribution is -2.46. The minimum absolute atomic E-state index is 0.0217. The number of ether oxygens (including phenoxy) is 1. The molecule has 2 aromatic rings. The molecule has 1 aromatic heterocycles. The lowest BCUT2D eigenvalue weighted by Gasteiger charge is -2.32. The Hall–Kier alpha value is -2.39. The number of hydrogen-bond donors (Lipinski definition) is 1. The molecule has 1 amide bonds. The maximum atomic E-state index is 13.0. The number of carbonyl (C=O) groups is 1. The van der Waals surface area contributed by atoms with E-state index in [9.17, 15) is 13.2 Å². The quantitative estimate of drug-likeness (QED) is 0.861. The monoisotopic (exact) mass is 350 g/mol. The van der Waals surface area contributed by atoms with Crippen LogP contribution < -0.4 is 10.1 Å². The van der Waals surface area contributed by atoms with Crippen molar-refractivity contribution in [2.75, 3.05) is 20.7 Å². The molecule has 1 N–H and O–H groups in total. The van der Waals surface area contributed by atoms with Gasteiger partial charge in [-0.25, -0.2) is 8.42 Å². The first kappa shape index (κ1) is 16.5. The maximum Gasteiger partial charge on any atom is 0.246 e. The van der Waals surface area contributed by atoms with Crippen molar-refractivity contribution in [2.24, 2.45) is 0 Å². The van der Waals surface area contributed by atoms with Crippen LogP contribution in [0, 0.1) is 0 Å². The van der Waals surface area contributed by atoms with Gasteiger partial charge in [0.2, 0.25) is 15.9 Å². The van der Waals surface area contributed by atoms with Crippen LogP contribution in [-0.2, 0) is 21.4 Å². The number of rotatable bonds is 4. The summed E-state index contributed by atoms with van der Waals surface area (Å²) in [5, 5.41) is 6.69. The van der Waals surface area contributed by atoms with Crippen LogP contribution in [0.3, 0.4) is 0 Å².